The summed E-state index contributed by atoms with van der Waals surface area (Å²) in [5.74, 6) is -0.537. The van der Waals surface area contributed by atoms with E-state index < -0.39 is 17.6 Å². The summed E-state index contributed by atoms with van der Waals surface area (Å²) in [4.78, 5) is 20.4. The standard InChI is InChI=1S/C21H21F3N6O/c22-21(23,24)15-8-13(10-26-19(15)25)16-9-17-20(5-7-30(17)28-16)4-6-29(12-20)11-14-2-1-3-18(31)27-14/h1-3,8-10H,4-7,11-12H2,(H2,25,26)(H,27,31)/t20-/m1/s1. The Morgan fingerprint density at radius 1 is 1.19 bits per heavy atom. The number of rotatable bonds is 3. The van der Waals surface area contributed by atoms with Gasteiger partial charge in [-0.05, 0) is 37.6 Å². The summed E-state index contributed by atoms with van der Waals surface area (Å²) in [5.41, 5.74) is 6.94. The predicted molar refractivity (Wildman–Crippen MR) is 108 cm³/mol. The third kappa shape index (κ3) is 3.50. The van der Waals surface area contributed by atoms with Gasteiger partial charge in [-0.3, -0.25) is 14.4 Å². The number of alkyl halides is 3. The Morgan fingerprint density at radius 3 is 2.77 bits per heavy atom. The molecule has 3 N–H and O–H groups in total. The van der Waals surface area contributed by atoms with Crippen LogP contribution >= 0.6 is 0 Å². The minimum Gasteiger partial charge on any atom is -0.383 e. The number of pyridine rings is 2. The smallest absolute Gasteiger partial charge is 0.383 e. The topological polar surface area (TPSA) is 92.8 Å². The number of nitrogen functional groups attached to an aromatic ring is 1. The Kier molecular flexibility index (Phi) is 4.44. The number of nitrogens with zero attached hydrogens (tertiary/aromatic N) is 4. The first kappa shape index (κ1) is 19.8. The lowest BCUT2D eigenvalue weighted by Crippen LogP contribution is -2.29. The largest absolute Gasteiger partial charge is 0.419 e. The molecule has 0 aromatic carbocycles. The van der Waals surface area contributed by atoms with Crippen molar-refractivity contribution in [1.82, 2.24) is 24.6 Å². The summed E-state index contributed by atoms with van der Waals surface area (Å²) in [5, 5.41) is 4.56. The molecule has 31 heavy (non-hydrogen) atoms. The van der Waals surface area contributed by atoms with Crippen LogP contribution in [0.3, 0.4) is 0 Å². The van der Waals surface area contributed by atoms with Crippen molar-refractivity contribution in [2.24, 2.45) is 0 Å². The molecule has 0 bridgehead atoms. The lowest BCUT2D eigenvalue weighted by Gasteiger charge is -2.23. The van der Waals surface area contributed by atoms with E-state index in [1.807, 2.05) is 16.8 Å². The summed E-state index contributed by atoms with van der Waals surface area (Å²) in [6, 6.07) is 8.03. The number of halogens is 3. The molecule has 0 amide bonds. The first-order valence-electron chi connectivity index (χ1n) is 10.1. The van der Waals surface area contributed by atoms with E-state index in [9.17, 15) is 18.0 Å². The van der Waals surface area contributed by atoms with Gasteiger partial charge in [0.05, 0.1) is 11.3 Å². The zero-order valence-electron chi connectivity index (χ0n) is 16.6. The second-order valence-corrected chi connectivity index (χ2v) is 8.32. The second-order valence-electron chi connectivity index (χ2n) is 8.32. The fourth-order valence-electron chi connectivity index (χ4n) is 4.78. The Hall–Kier alpha value is -3.14. The van der Waals surface area contributed by atoms with Crippen LogP contribution in [0.25, 0.3) is 11.3 Å². The lowest BCUT2D eigenvalue weighted by atomic mass is 9.82. The number of H-pyrrole nitrogens is 1. The van der Waals surface area contributed by atoms with Gasteiger partial charge in [-0.2, -0.15) is 18.3 Å². The SMILES string of the molecule is Nc1ncc(-c2cc3n(n2)CC[C@@]32CCN(Cc3cccc(=O)[nH]3)C2)cc1C(F)(F)F. The van der Waals surface area contributed by atoms with Crippen LogP contribution in [-0.2, 0) is 24.7 Å². The molecular weight excluding hydrogens is 409 g/mol. The number of anilines is 1. The fourth-order valence-corrected chi connectivity index (χ4v) is 4.78. The third-order valence-electron chi connectivity index (χ3n) is 6.30. The maximum absolute atomic E-state index is 13.2. The van der Waals surface area contributed by atoms with E-state index in [1.54, 1.807) is 6.07 Å². The van der Waals surface area contributed by atoms with Gasteiger partial charge in [-0.15, -0.1) is 0 Å². The molecule has 1 spiro atoms. The van der Waals surface area contributed by atoms with Crippen molar-refractivity contribution >= 4 is 5.82 Å². The Labute approximate surface area is 175 Å². The molecule has 162 valence electrons. The molecule has 3 aromatic rings. The van der Waals surface area contributed by atoms with Gasteiger partial charge >= 0.3 is 6.18 Å². The van der Waals surface area contributed by atoms with Crippen LogP contribution in [0.4, 0.5) is 19.0 Å². The molecule has 0 saturated carbocycles. The highest BCUT2D eigenvalue weighted by Crippen LogP contribution is 2.44. The first-order valence-corrected chi connectivity index (χ1v) is 10.1. The maximum Gasteiger partial charge on any atom is 0.419 e. The van der Waals surface area contributed by atoms with Gasteiger partial charge in [0.1, 0.15) is 5.82 Å². The molecule has 1 saturated heterocycles. The van der Waals surface area contributed by atoms with E-state index in [0.717, 1.165) is 49.9 Å². The average molecular weight is 430 g/mol. The minimum absolute atomic E-state index is 0.0889. The molecular formula is C21H21F3N6O. The van der Waals surface area contributed by atoms with Crippen LogP contribution in [0.15, 0.2) is 41.3 Å². The summed E-state index contributed by atoms with van der Waals surface area (Å²) in [7, 11) is 0. The van der Waals surface area contributed by atoms with Crippen molar-refractivity contribution in [2.75, 3.05) is 18.8 Å². The normalized spacial score (nSPS) is 21.1. The van der Waals surface area contributed by atoms with E-state index in [1.165, 1.54) is 12.3 Å². The molecule has 0 unspecified atom stereocenters. The third-order valence-corrected chi connectivity index (χ3v) is 6.30. The summed E-state index contributed by atoms with van der Waals surface area (Å²) >= 11 is 0. The quantitative estimate of drug-likeness (QED) is 0.667. The summed E-state index contributed by atoms with van der Waals surface area (Å²) < 4.78 is 41.6. The van der Waals surface area contributed by atoms with Gasteiger partial charge in [0.15, 0.2) is 0 Å². The molecule has 7 nitrogen and oxygen atoms in total. The van der Waals surface area contributed by atoms with Crippen LogP contribution in [0.2, 0.25) is 0 Å². The maximum atomic E-state index is 13.2. The molecule has 5 heterocycles. The number of fused-ring (bicyclic) bond motifs is 2. The fraction of sp³-hybridized carbons (Fsp3) is 0.381. The van der Waals surface area contributed by atoms with Gasteiger partial charge in [0.25, 0.3) is 0 Å². The monoisotopic (exact) mass is 430 g/mol. The number of hydrogen-bond donors (Lipinski definition) is 2. The Balaban J connectivity index is 1.41. The molecule has 2 aliphatic rings. The van der Waals surface area contributed by atoms with E-state index in [0.29, 0.717) is 17.8 Å². The van der Waals surface area contributed by atoms with Crippen molar-refractivity contribution in [1.29, 1.82) is 0 Å². The highest BCUT2D eigenvalue weighted by atomic mass is 19.4. The van der Waals surface area contributed by atoms with E-state index in [-0.39, 0.29) is 11.0 Å². The average Bonchev–Trinajstić information content (AvgIpc) is 3.39. The molecule has 10 heteroatoms. The predicted octanol–water partition coefficient (Wildman–Crippen LogP) is 2.78. The molecule has 3 aromatic heterocycles. The molecule has 1 atom stereocenters. The highest BCUT2D eigenvalue weighted by molar-refractivity contribution is 5.63. The van der Waals surface area contributed by atoms with Crippen LogP contribution in [0.1, 0.15) is 29.8 Å². The Bertz CT molecular complexity index is 1200. The van der Waals surface area contributed by atoms with Gasteiger partial charge < -0.3 is 10.7 Å². The second kappa shape index (κ2) is 6.94. The molecule has 5 rings (SSSR count). The number of aryl methyl sites for hydroxylation is 1. The van der Waals surface area contributed by atoms with Crippen LogP contribution in [0, 0.1) is 0 Å². The lowest BCUT2D eigenvalue weighted by molar-refractivity contribution is -0.137. The number of hydrogen-bond acceptors (Lipinski definition) is 5. The van der Waals surface area contributed by atoms with Crippen molar-refractivity contribution < 1.29 is 13.2 Å². The van der Waals surface area contributed by atoms with Crippen LogP contribution in [-0.4, -0.2) is 37.7 Å². The van der Waals surface area contributed by atoms with Crippen LogP contribution in [0.5, 0.6) is 0 Å². The highest BCUT2D eigenvalue weighted by Gasteiger charge is 2.45. The number of nitrogens with one attached hydrogen (secondary N) is 1. The minimum atomic E-state index is -4.57. The molecule has 0 aliphatic carbocycles. The number of aromatic nitrogens is 4. The number of likely N-dealkylation sites (tertiary alicyclic amines) is 1. The van der Waals surface area contributed by atoms with E-state index in [2.05, 4.69) is 20.0 Å². The van der Waals surface area contributed by atoms with Crippen molar-refractivity contribution in [3.05, 3.63) is 63.8 Å². The summed E-state index contributed by atoms with van der Waals surface area (Å²) in [6.07, 6.45) is -1.36. The van der Waals surface area contributed by atoms with Gasteiger partial charge in [0, 0.05) is 54.3 Å². The summed E-state index contributed by atoms with van der Waals surface area (Å²) in [6.45, 7) is 3.05. The number of aromatic amines is 1. The van der Waals surface area contributed by atoms with E-state index >= 15 is 0 Å². The van der Waals surface area contributed by atoms with Gasteiger partial charge in [-0.25, -0.2) is 4.98 Å². The van der Waals surface area contributed by atoms with Crippen LogP contribution < -0.4 is 11.3 Å². The van der Waals surface area contributed by atoms with Crippen molar-refractivity contribution in [3.8, 4) is 11.3 Å². The van der Waals surface area contributed by atoms with E-state index in [4.69, 9.17) is 5.73 Å². The molecule has 1 fully saturated rings. The Morgan fingerprint density at radius 2 is 2.00 bits per heavy atom. The van der Waals surface area contributed by atoms with Crippen molar-refractivity contribution in [3.63, 3.8) is 0 Å². The zero-order valence-corrected chi connectivity index (χ0v) is 16.6. The molecule has 0 radical (unpaired) electrons. The number of nitrogens with two attached hydrogens (primary N) is 1. The van der Waals surface area contributed by atoms with Crippen molar-refractivity contribution in [2.45, 2.75) is 37.5 Å². The van der Waals surface area contributed by atoms with Gasteiger partial charge in [-0.1, -0.05) is 6.07 Å². The van der Waals surface area contributed by atoms with Gasteiger partial charge in [0.2, 0.25) is 5.56 Å². The first-order chi connectivity index (χ1) is 14.7. The zero-order chi connectivity index (χ0) is 21.8. The molecule has 2 aliphatic heterocycles.